The molecular formula is C17H16N4O3S2. The second kappa shape index (κ2) is 7.73. The zero-order chi connectivity index (χ0) is 18.6. The number of sulfonamides is 1. The minimum atomic E-state index is -3.81. The number of nitrogens with zero attached hydrogens (tertiary/aromatic N) is 2. The van der Waals surface area contributed by atoms with Gasteiger partial charge in [-0.15, -0.1) is 10.2 Å². The van der Waals surface area contributed by atoms with E-state index in [4.69, 9.17) is 0 Å². The number of amides is 1. The molecule has 3 aromatic rings. The molecule has 0 aliphatic carbocycles. The summed E-state index contributed by atoms with van der Waals surface area (Å²) < 4.78 is 27.0. The van der Waals surface area contributed by atoms with Crippen molar-refractivity contribution in [2.45, 2.75) is 17.8 Å². The Hall–Kier alpha value is -2.62. The molecule has 26 heavy (non-hydrogen) atoms. The van der Waals surface area contributed by atoms with E-state index >= 15 is 0 Å². The summed E-state index contributed by atoms with van der Waals surface area (Å²) >= 11 is 0.796. The van der Waals surface area contributed by atoms with Crippen molar-refractivity contribution in [1.82, 2.24) is 14.9 Å². The third kappa shape index (κ3) is 4.51. The molecule has 1 heterocycles. The van der Waals surface area contributed by atoms with Gasteiger partial charge >= 0.3 is 0 Å². The Bertz CT molecular complexity index is 1020. The first-order valence-corrected chi connectivity index (χ1v) is 9.99. The Balaban J connectivity index is 1.67. The maximum Gasteiger partial charge on any atom is 0.270 e. The summed E-state index contributed by atoms with van der Waals surface area (Å²) in [5.41, 5.74) is 2.34. The van der Waals surface area contributed by atoms with E-state index in [1.165, 1.54) is 0 Å². The van der Waals surface area contributed by atoms with Gasteiger partial charge in [0.2, 0.25) is 9.47 Å². The van der Waals surface area contributed by atoms with Gasteiger partial charge in [-0.05, 0) is 24.6 Å². The smallest absolute Gasteiger partial charge is 0.270 e. The SMILES string of the molecule is Cc1cccc(CNS(=O)(=O)c2nnc(NC(=O)c3ccccc3)s2)c1. The van der Waals surface area contributed by atoms with Crippen LogP contribution in [0.2, 0.25) is 0 Å². The van der Waals surface area contributed by atoms with E-state index in [1.807, 2.05) is 31.2 Å². The van der Waals surface area contributed by atoms with Gasteiger partial charge in [-0.1, -0.05) is 59.4 Å². The minimum Gasteiger partial charge on any atom is -0.296 e. The highest BCUT2D eigenvalue weighted by molar-refractivity contribution is 7.91. The van der Waals surface area contributed by atoms with Crippen LogP contribution in [0.25, 0.3) is 0 Å². The number of anilines is 1. The lowest BCUT2D eigenvalue weighted by Crippen LogP contribution is -2.23. The van der Waals surface area contributed by atoms with E-state index in [-0.39, 0.29) is 21.9 Å². The van der Waals surface area contributed by atoms with Crippen LogP contribution in [-0.2, 0) is 16.6 Å². The molecule has 0 bridgehead atoms. The van der Waals surface area contributed by atoms with Crippen LogP contribution < -0.4 is 10.0 Å². The average Bonchev–Trinajstić information content (AvgIpc) is 3.10. The molecule has 0 radical (unpaired) electrons. The summed E-state index contributed by atoms with van der Waals surface area (Å²) in [6.45, 7) is 2.08. The molecule has 134 valence electrons. The summed E-state index contributed by atoms with van der Waals surface area (Å²) in [4.78, 5) is 12.1. The number of nitrogens with one attached hydrogen (secondary N) is 2. The summed E-state index contributed by atoms with van der Waals surface area (Å²) in [7, 11) is -3.81. The molecule has 0 unspecified atom stereocenters. The second-order valence-corrected chi connectivity index (χ2v) is 8.43. The number of rotatable bonds is 6. The number of hydrogen-bond donors (Lipinski definition) is 2. The average molecular weight is 388 g/mol. The standard InChI is InChI=1S/C17H16N4O3S2/c1-12-6-5-7-13(10-12)11-18-26(23,24)17-21-20-16(25-17)19-15(22)14-8-3-2-4-9-14/h2-10,18H,11H2,1H3,(H,19,20,22). The number of carbonyl (C=O) groups is 1. The molecule has 1 aromatic heterocycles. The van der Waals surface area contributed by atoms with Crippen molar-refractivity contribution < 1.29 is 13.2 Å². The molecule has 2 aromatic carbocycles. The molecule has 0 aliphatic rings. The van der Waals surface area contributed by atoms with Gasteiger partial charge in [0.1, 0.15) is 0 Å². The maximum absolute atomic E-state index is 12.3. The van der Waals surface area contributed by atoms with E-state index in [0.29, 0.717) is 5.56 Å². The van der Waals surface area contributed by atoms with Crippen molar-refractivity contribution in [2.24, 2.45) is 0 Å². The van der Waals surface area contributed by atoms with Gasteiger partial charge in [-0.3, -0.25) is 10.1 Å². The van der Waals surface area contributed by atoms with Crippen LogP contribution in [0.1, 0.15) is 21.5 Å². The van der Waals surface area contributed by atoms with E-state index in [9.17, 15) is 13.2 Å². The van der Waals surface area contributed by atoms with Crippen LogP contribution in [0, 0.1) is 6.92 Å². The number of aryl methyl sites for hydroxylation is 1. The van der Waals surface area contributed by atoms with Gasteiger partial charge in [-0.25, -0.2) is 13.1 Å². The molecule has 1 amide bonds. The first kappa shape index (κ1) is 18.2. The third-order valence-corrected chi connectivity index (χ3v) is 6.05. The van der Waals surface area contributed by atoms with Crippen LogP contribution >= 0.6 is 11.3 Å². The van der Waals surface area contributed by atoms with Crippen molar-refractivity contribution in [3.8, 4) is 0 Å². The normalized spacial score (nSPS) is 11.3. The van der Waals surface area contributed by atoms with Crippen molar-refractivity contribution in [3.05, 3.63) is 71.3 Å². The molecule has 0 saturated carbocycles. The Morgan fingerprint density at radius 1 is 1.08 bits per heavy atom. The number of aromatic nitrogens is 2. The Kier molecular flexibility index (Phi) is 5.40. The van der Waals surface area contributed by atoms with E-state index in [0.717, 1.165) is 22.5 Å². The quantitative estimate of drug-likeness (QED) is 0.632. The molecule has 2 N–H and O–H groups in total. The monoisotopic (exact) mass is 388 g/mol. The summed E-state index contributed by atoms with van der Waals surface area (Å²) in [5.74, 6) is -0.376. The van der Waals surface area contributed by atoms with E-state index in [2.05, 4.69) is 20.2 Å². The fourth-order valence-electron chi connectivity index (χ4n) is 2.19. The zero-order valence-corrected chi connectivity index (χ0v) is 15.5. The zero-order valence-electron chi connectivity index (χ0n) is 13.8. The number of hydrogen-bond acceptors (Lipinski definition) is 6. The third-order valence-electron chi connectivity index (χ3n) is 3.44. The highest BCUT2D eigenvalue weighted by atomic mass is 32.2. The van der Waals surface area contributed by atoms with Crippen molar-refractivity contribution in [1.29, 1.82) is 0 Å². The van der Waals surface area contributed by atoms with Gasteiger partial charge in [0.25, 0.3) is 15.9 Å². The van der Waals surface area contributed by atoms with Gasteiger partial charge in [0.05, 0.1) is 0 Å². The van der Waals surface area contributed by atoms with Gasteiger partial charge in [-0.2, -0.15) is 0 Å². The predicted molar refractivity (Wildman–Crippen MR) is 99.5 cm³/mol. The van der Waals surface area contributed by atoms with Gasteiger partial charge in [0.15, 0.2) is 0 Å². The van der Waals surface area contributed by atoms with E-state index in [1.54, 1.807) is 30.3 Å². The molecule has 0 aliphatic heterocycles. The van der Waals surface area contributed by atoms with Crippen molar-refractivity contribution in [3.63, 3.8) is 0 Å². The molecule has 0 atom stereocenters. The van der Waals surface area contributed by atoms with E-state index < -0.39 is 10.0 Å². The highest BCUT2D eigenvalue weighted by Crippen LogP contribution is 2.20. The number of benzene rings is 2. The lowest BCUT2D eigenvalue weighted by molar-refractivity contribution is 0.102. The lowest BCUT2D eigenvalue weighted by atomic mass is 10.1. The first-order valence-electron chi connectivity index (χ1n) is 7.69. The van der Waals surface area contributed by atoms with Crippen molar-refractivity contribution in [2.75, 3.05) is 5.32 Å². The molecule has 0 spiro atoms. The summed E-state index contributed by atoms with van der Waals surface area (Å²) in [6.07, 6.45) is 0. The Morgan fingerprint density at radius 2 is 1.85 bits per heavy atom. The van der Waals surface area contributed by atoms with Gasteiger partial charge in [0, 0.05) is 12.1 Å². The fourth-order valence-corrected chi connectivity index (χ4v) is 4.14. The summed E-state index contributed by atoms with van der Waals surface area (Å²) in [6, 6.07) is 16.1. The highest BCUT2D eigenvalue weighted by Gasteiger charge is 2.21. The topological polar surface area (TPSA) is 101 Å². The molecule has 0 saturated heterocycles. The molecule has 7 nitrogen and oxygen atoms in total. The largest absolute Gasteiger partial charge is 0.296 e. The summed E-state index contributed by atoms with van der Waals surface area (Å²) in [5, 5.41) is 10.1. The van der Waals surface area contributed by atoms with Crippen LogP contribution in [0.15, 0.2) is 58.9 Å². The molecular weight excluding hydrogens is 372 g/mol. The first-order chi connectivity index (χ1) is 12.4. The van der Waals surface area contributed by atoms with Crippen LogP contribution in [0.3, 0.4) is 0 Å². The Labute approximate surface area is 155 Å². The molecule has 9 heteroatoms. The Morgan fingerprint density at radius 3 is 2.58 bits per heavy atom. The fraction of sp³-hybridized carbons (Fsp3) is 0.118. The molecule has 3 rings (SSSR count). The molecule has 0 fully saturated rings. The van der Waals surface area contributed by atoms with Crippen molar-refractivity contribution >= 4 is 32.4 Å². The predicted octanol–water partition coefficient (Wildman–Crippen LogP) is 2.58. The lowest BCUT2D eigenvalue weighted by Gasteiger charge is -2.04. The number of carbonyl (C=O) groups excluding carboxylic acids is 1. The van der Waals surface area contributed by atoms with Gasteiger partial charge < -0.3 is 0 Å². The maximum atomic E-state index is 12.3. The van der Waals surface area contributed by atoms with Crippen LogP contribution in [-0.4, -0.2) is 24.5 Å². The van der Waals surface area contributed by atoms with Crippen LogP contribution in [0.4, 0.5) is 5.13 Å². The second-order valence-electron chi connectivity index (χ2n) is 5.51. The van der Waals surface area contributed by atoms with Crippen LogP contribution in [0.5, 0.6) is 0 Å². The minimum absolute atomic E-state index is 0.120.